The fourth-order valence-electron chi connectivity index (χ4n) is 3.31. The van der Waals surface area contributed by atoms with Gasteiger partial charge in [-0.2, -0.15) is 0 Å². The van der Waals surface area contributed by atoms with Crippen molar-refractivity contribution in [2.45, 2.75) is 19.4 Å². The van der Waals surface area contributed by atoms with E-state index in [0.717, 1.165) is 11.1 Å². The van der Waals surface area contributed by atoms with Gasteiger partial charge in [0, 0.05) is 54.8 Å². The number of fused-ring (bicyclic) bond motifs is 1. The van der Waals surface area contributed by atoms with E-state index >= 15 is 0 Å². The van der Waals surface area contributed by atoms with Gasteiger partial charge in [-0.05, 0) is 30.2 Å². The van der Waals surface area contributed by atoms with Gasteiger partial charge in [0.1, 0.15) is 12.4 Å². The summed E-state index contributed by atoms with van der Waals surface area (Å²) < 4.78 is 20.4. The molecule has 3 aromatic rings. The summed E-state index contributed by atoms with van der Waals surface area (Å²) in [5.74, 6) is 0.0172. The van der Waals surface area contributed by atoms with E-state index in [9.17, 15) is 9.18 Å². The molecule has 3 heterocycles. The van der Waals surface area contributed by atoms with Crippen molar-refractivity contribution in [1.82, 2.24) is 9.97 Å². The molecule has 0 spiro atoms. The molecule has 1 aromatic carbocycles. The summed E-state index contributed by atoms with van der Waals surface area (Å²) in [6.45, 7) is 0.223. The Kier molecular flexibility index (Phi) is 4.96. The Morgan fingerprint density at radius 1 is 1.18 bits per heavy atom. The quantitative estimate of drug-likeness (QED) is 0.653. The van der Waals surface area contributed by atoms with Crippen LogP contribution in [0.15, 0.2) is 48.9 Å². The molecule has 0 fully saturated rings. The Balaban J connectivity index is 1.66. The molecule has 0 bridgehead atoms. The summed E-state index contributed by atoms with van der Waals surface area (Å²) in [7, 11) is 1.68. The van der Waals surface area contributed by atoms with E-state index in [4.69, 9.17) is 16.3 Å². The minimum absolute atomic E-state index is 0.0272. The minimum Gasteiger partial charge on any atom is -0.473 e. The highest BCUT2D eigenvalue weighted by Gasteiger charge is 2.26. The van der Waals surface area contributed by atoms with Gasteiger partial charge >= 0.3 is 0 Å². The summed E-state index contributed by atoms with van der Waals surface area (Å²) in [5, 5.41) is 0.527. The van der Waals surface area contributed by atoms with Crippen LogP contribution in [0.5, 0.6) is 5.88 Å². The molecule has 0 aliphatic carbocycles. The molecule has 1 amide bonds. The van der Waals surface area contributed by atoms with Gasteiger partial charge in [0.25, 0.3) is 0 Å². The maximum atomic E-state index is 14.8. The Hall–Kier alpha value is -2.99. The number of carbonyl (C=O) groups is 1. The molecule has 0 radical (unpaired) electrons. The van der Waals surface area contributed by atoms with Crippen LogP contribution >= 0.6 is 11.6 Å². The van der Waals surface area contributed by atoms with Crippen LogP contribution in [0, 0.1) is 5.82 Å². The number of nitrogens with zero attached hydrogens (tertiary/aromatic N) is 3. The number of hydrogen-bond donors (Lipinski definition) is 0. The average molecular weight is 398 g/mol. The number of rotatable bonds is 4. The van der Waals surface area contributed by atoms with Crippen LogP contribution in [0.4, 0.5) is 10.1 Å². The van der Waals surface area contributed by atoms with Gasteiger partial charge in [-0.15, -0.1) is 0 Å². The van der Waals surface area contributed by atoms with Crippen LogP contribution in [-0.4, -0.2) is 22.9 Å². The minimum atomic E-state index is -0.389. The second-order valence-electron chi connectivity index (χ2n) is 6.57. The number of hydrogen-bond acceptors (Lipinski definition) is 4. The van der Waals surface area contributed by atoms with E-state index < -0.39 is 0 Å². The molecule has 1 aliphatic heterocycles. The van der Waals surface area contributed by atoms with Crippen LogP contribution in [0.1, 0.15) is 17.5 Å². The second kappa shape index (κ2) is 7.56. The summed E-state index contributed by atoms with van der Waals surface area (Å²) in [4.78, 5) is 22.0. The number of aryl methyl sites for hydroxylation is 1. The van der Waals surface area contributed by atoms with Crippen molar-refractivity contribution in [2.24, 2.45) is 0 Å². The van der Waals surface area contributed by atoms with Crippen LogP contribution in [0.3, 0.4) is 0 Å². The van der Waals surface area contributed by atoms with Crippen LogP contribution in [0.2, 0.25) is 5.02 Å². The maximum absolute atomic E-state index is 14.8. The van der Waals surface area contributed by atoms with Crippen LogP contribution < -0.4 is 9.64 Å². The van der Waals surface area contributed by atoms with Crippen LogP contribution in [-0.2, 0) is 17.8 Å². The molecular formula is C21H17ClFN3O2. The normalized spacial score (nSPS) is 13.4. The lowest BCUT2D eigenvalue weighted by Gasteiger charge is -2.28. The molecule has 4 rings (SSSR count). The van der Waals surface area contributed by atoms with Gasteiger partial charge in [0.05, 0.1) is 10.7 Å². The lowest BCUT2D eigenvalue weighted by Crippen LogP contribution is -2.31. The number of amides is 1. The van der Waals surface area contributed by atoms with Gasteiger partial charge in [0.2, 0.25) is 11.8 Å². The summed E-state index contributed by atoms with van der Waals surface area (Å²) in [5.41, 5.74) is 3.30. The first-order valence-electron chi connectivity index (χ1n) is 8.79. The maximum Gasteiger partial charge on any atom is 0.227 e. The molecule has 28 heavy (non-hydrogen) atoms. The third kappa shape index (κ3) is 3.55. The van der Waals surface area contributed by atoms with E-state index in [0.29, 0.717) is 40.6 Å². The van der Waals surface area contributed by atoms with Crippen molar-refractivity contribution in [1.29, 1.82) is 0 Å². The number of halogens is 2. The third-order valence-electron chi connectivity index (χ3n) is 4.70. The number of ether oxygens (including phenoxy) is 1. The average Bonchev–Trinajstić information content (AvgIpc) is 2.71. The monoisotopic (exact) mass is 397 g/mol. The van der Waals surface area contributed by atoms with E-state index in [2.05, 4.69) is 9.97 Å². The zero-order chi connectivity index (χ0) is 19.7. The van der Waals surface area contributed by atoms with Crippen molar-refractivity contribution in [3.05, 3.63) is 70.9 Å². The van der Waals surface area contributed by atoms with Gasteiger partial charge in [-0.3, -0.25) is 9.78 Å². The summed E-state index contributed by atoms with van der Waals surface area (Å²) in [6, 6.07) is 8.36. The SMILES string of the molecule is CN1C(=O)CCc2ccc(F)c(-c3cncc(COc4ccc(Cl)cn4)c3)c21. The lowest BCUT2D eigenvalue weighted by atomic mass is 9.93. The van der Waals surface area contributed by atoms with Crippen molar-refractivity contribution in [2.75, 3.05) is 11.9 Å². The number of aromatic nitrogens is 2. The molecule has 0 saturated carbocycles. The number of anilines is 1. The highest BCUT2D eigenvalue weighted by atomic mass is 35.5. The Morgan fingerprint density at radius 2 is 2.04 bits per heavy atom. The number of carbonyl (C=O) groups excluding carboxylic acids is 1. The standard InChI is InChI=1S/C21H17ClFN3O2/c1-26-19(27)7-3-14-2-5-17(23)20(21(14)26)15-8-13(9-24-10-15)12-28-18-6-4-16(22)11-25-18/h2,4-6,8-11H,3,7,12H2,1H3. The molecule has 0 N–H and O–H groups in total. The van der Waals surface area contributed by atoms with Crippen molar-refractivity contribution in [3.8, 4) is 17.0 Å². The fourth-order valence-corrected chi connectivity index (χ4v) is 3.42. The smallest absolute Gasteiger partial charge is 0.227 e. The van der Waals surface area contributed by atoms with Crippen molar-refractivity contribution >= 4 is 23.2 Å². The largest absolute Gasteiger partial charge is 0.473 e. The van der Waals surface area contributed by atoms with Crippen molar-refractivity contribution in [3.63, 3.8) is 0 Å². The predicted molar refractivity (Wildman–Crippen MR) is 105 cm³/mol. The van der Waals surface area contributed by atoms with Gasteiger partial charge in [0.15, 0.2) is 0 Å². The Morgan fingerprint density at radius 3 is 2.82 bits per heavy atom. The zero-order valence-corrected chi connectivity index (χ0v) is 15.9. The van der Waals surface area contributed by atoms with E-state index in [1.54, 1.807) is 37.6 Å². The third-order valence-corrected chi connectivity index (χ3v) is 4.92. The van der Waals surface area contributed by atoms with Gasteiger partial charge < -0.3 is 9.64 Å². The van der Waals surface area contributed by atoms with E-state index in [-0.39, 0.29) is 18.3 Å². The van der Waals surface area contributed by atoms with Gasteiger partial charge in [-0.1, -0.05) is 17.7 Å². The summed E-state index contributed by atoms with van der Waals surface area (Å²) in [6.07, 6.45) is 5.78. The van der Waals surface area contributed by atoms with Crippen LogP contribution in [0.25, 0.3) is 11.1 Å². The first-order chi connectivity index (χ1) is 13.5. The molecule has 0 unspecified atom stereocenters. The van der Waals surface area contributed by atoms with Crippen molar-refractivity contribution < 1.29 is 13.9 Å². The number of pyridine rings is 2. The first kappa shape index (κ1) is 18.4. The molecule has 5 nitrogen and oxygen atoms in total. The summed E-state index contributed by atoms with van der Waals surface area (Å²) >= 11 is 5.82. The molecular weight excluding hydrogens is 381 g/mol. The highest BCUT2D eigenvalue weighted by molar-refractivity contribution is 6.30. The molecule has 0 saturated heterocycles. The zero-order valence-electron chi connectivity index (χ0n) is 15.2. The first-order valence-corrected chi connectivity index (χ1v) is 9.17. The molecule has 2 aromatic heterocycles. The highest BCUT2D eigenvalue weighted by Crippen LogP contribution is 2.39. The predicted octanol–water partition coefficient (Wildman–Crippen LogP) is 4.42. The molecule has 0 atom stereocenters. The molecule has 7 heteroatoms. The Bertz CT molecular complexity index is 1040. The van der Waals surface area contributed by atoms with Gasteiger partial charge in [-0.25, -0.2) is 9.37 Å². The van der Waals surface area contributed by atoms with E-state index in [1.807, 2.05) is 6.07 Å². The molecule has 142 valence electrons. The second-order valence-corrected chi connectivity index (χ2v) is 7.00. The topological polar surface area (TPSA) is 55.3 Å². The van der Waals surface area contributed by atoms with E-state index in [1.165, 1.54) is 17.2 Å². The fraction of sp³-hybridized carbons (Fsp3) is 0.190. The Labute approximate surface area is 166 Å². The lowest BCUT2D eigenvalue weighted by molar-refractivity contribution is -0.118. The molecule has 1 aliphatic rings. The number of benzene rings is 1.